The maximum absolute atomic E-state index is 13.7. The molecular formula is C27H35FN4O2. The molecule has 1 aromatic heterocycles. The average molecular weight is 467 g/mol. The zero-order valence-corrected chi connectivity index (χ0v) is 20.8. The molecule has 2 aromatic carbocycles. The average Bonchev–Trinajstić information content (AvgIpc) is 2.78. The number of amides is 2. The largest absolute Gasteiger partial charge is 0.333 e. The van der Waals surface area contributed by atoms with Crippen LogP contribution in [0.25, 0.3) is 16.6 Å². The molecule has 7 heteroatoms. The van der Waals surface area contributed by atoms with Gasteiger partial charge in [-0.2, -0.15) is 0 Å². The van der Waals surface area contributed by atoms with Crippen molar-refractivity contribution in [2.45, 2.75) is 71.9 Å². The number of nitrogens with zero attached hydrogens (tertiary/aromatic N) is 3. The quantitative estimate of drug-likeness (QED) is 0.416. The van der Waals surface area contributed by atoms with E-state index < -0.39 is 11.6 Å². The van der Waals surface area contributed by atoms with Gasteiger partial charge in [0.25, 0.3) is 5.56 Å². The third-order valence-electron chi connectivity index (χ3n) is 5.69. The van der Waals surface area contributed by atoms with Crippen LogP contribution in [-0.4, -0.2) is 32.6 Å². The van der Waals surface area contributed by atoms with Crippen LogP contribution in [0.1, 0.15) is 72.2 Å². The van der Waals surface area contributed by atoms with Gasteiger partial charge >= 0.3 is 6.03 Å². The highest BCUT2D eigenvalue weighted by Gasteiger charge is 2.30. The minimum atomic E-state index is -0.443. The van der Waals surface area contributed by atoms with E-state index in [0.29, 0.717) is 35.4 Å². The van der Waals surface area contributed by atoms with Crippen molar-refractivity contribution in [1.29, 1.82) is 0 Å². The number of para-hydroxylation sites is 1. The lowest BCUT2D eigenvalue weighted by atomic mass is 10.1. The molecule has 3 aromatic rings. The second kappa shape index (κ2) is 10.8. The predicted octanol–water partition coefficient (Wildman–Crippen LogP) is 5.98. The van der Waals surface area contributed by atoms with Crippen LogP contribution in [0.2, 0.25) is 0 Å². The molecule has 0 fully saturated rings. The summed E-state index contributed by atoms with van der Waals surface area (Å²) in [5.74, 6) is 0.0863. The molecule has 3 rings (SSSR count). The van der Waals surface area contributed by atoms with E-state index in [0.717, 1.165) is 19.3 Å². The molecule has 0 radical (unpaired) electrons. The van der Waals surface area contributed by atoms with Crippen LogP contribution in [0.4, 0.5) is 9.18 Å². The molecule has 6 nitrogen and oxygen atoms in total. The van der Waals surface area contributed by atoms with Gasteiger partial charge in [0.1, 0.15) is 11.6 Å². The van der Waals surface area contributed by atoms with Crippen molar-refractivity contribution < 1.29 is 9.18 Å². The van der Waals surface area contributed by atoms with E-state index in [-0.39, 0.29) is 17.4 Å². The van der Waals surface area contributed by atoms with Gasteiger partial charge in [-0.25, -0.2) is 14.2 Å². The number of nitrogens with one attached hydrogen (secondary N) is 1. The van der Waals surface area contributed by atoms with Gasteiger partial charge in [0.15, 0.2) is 0 Å². The zero-order chi connectivity index (χ0) is 24.9. The number of hydrogen-bond donors (Lipinski definition) is 1. The Kier molecular flexibility index (Phi) is 8.07. The molecule has 0 saturated carbocycles. The topological polar surface area (TPSA) is 67.2 Å². The minimum Gasteiger partial charge on any atom is -0.333 e. The lowest BCUT2D eigenvalue weighted by Crippen LogP contribution is -2.50. The number of carbonyl (C=O) groups is 1. The van der Waals surface area contributed by atoms with Crippen LogP contribution < -0.4 is 10.9 Å². The fourth-order valence-corrected chi connectivity index (χ4v) is 4.08. The van der Waals surface area contributed by atoms with Crippen LogP contribution >= 0.6 is 0 Å². The first kappa shape index (κ1) is 25.4. The highest BCUT2D eigenvalue weighted by atomic mass is 19.1. The number of carbonyl (C=O) groups excluding carboxylic acids is 1. The van der Waals surface area contributed by atoms with E-state index in [9.17, 15) is 14.0 Å². The van der Waals surface area contributed by atoms with Gasteiger partial charge in [-0.15, -0.1) is 0 Å². The molecule has 34 heavy (non-hydrogen) atoms. The third kappa shape index (κ3) is 5.82. The van der Waals surface area contributed by atoms with E-state index in [4.69, 9.17) is 4.98 Å². The van der Waals surface area contributed by atoms with Crippen molar-refractivity contribution in [3.8, 4) is 5.69 Å². The Hall–Kier alpha value is -3.22. The molecule has 1 N–H and O–H groups in total. The Bertz CT molecular complexity index is 1180. The van der Waals surface area contributed by atoms with Crippen molar-refractivity contribution in [3.05, 3.63) is 70.5 Å². The van der Waals surface area contributed by atoms with Gasteiger partial charge in [-0.1, -0.05) is 38.8 Å². The third-order valence-corrected chi connectivity index (χ3v) is 5.69. The van der Waals surface area contributed by atoms with E-state index in [1.807, 2.05) is 33.8 Å². The molecular weight excluding hydrogens is 431 g/mol. The fourth-order valence-electron chi connectivity index (χ4n) is 4.08. The lowest BCUT2D eigenvalue weighted by molar-refractivity contribution is 0.158. The summed E-state index contributed by atoms with van der Waals surface area (Å²) in [6.07, 6.45) is 3.43. The van der Waals surface area contributed by atoms with Gasteiger partial charge in [0, 0.05) is 12.1 Å². The van der Waals surface area contributed by atoms with Crippen LogP contribution in [-0.2, 0) is 0 Å². The molecule has 0 aliphatic carbocycles. The van der Waals surface area contributed by atoms with Crippen LogP contribution in [0, 0.1) is 5.82 Å². The van der Waals surface area contributed by atoms with Crippen LogP contribution in [0.15, 0.2) is 53.3 Å². The van der Waals surface area contributed by atoms with Gasteiger partial charge in [0.2, 0.25) is 0 Å². The summed E-state index contributed by atoms with van der Waals surface area (Å²) in [6, 6.07) is 12.3. The second-order valence-electron chi connectivity index (χ2n) is 9.61. The molecule has 182 valence electrons. The fraction of sp³-hybridized carbons (Fsp3) is 0.444. The number of rotatable bonds is 8. The first-order chi connectivity index (χ1) is 16.2. The number of benzene rings is 2. The maximum Gasteiger partial charge on any atom is 0.318 e. The molecule has 1 atom stereocenters. The molecule has 0 aliphatic heterocycles. The Labute approximate surface area is 200 Å². The number of halogens is 1. The van der Waals surface area contributed by atoms with E-state index in [2.05, 4.69) is 12.2 Å². The van der Waals surface area contributed by atoms with Crippen LogP contribution in [0.3, 0.4) is 0 Å². The Morgan fingerprint density at radius 2 is 1.76 bits per heavy atom. The molecule has 0 aliphatic rings. The standard InChI is InChI=1S/C27H35FN4O2/c1-6-8-11-18-31(26(34)30-27(3,4)5)23(7-2)24-29-22-13-10-9-12-21(22)25(33)32(24)20-16-14-19(28)15-17-20/h9-10,12-17,23H,6-8,11,18H2,1-5H3,(H,30,34). The first-order valence-electron chi connectivity index (χ1n) is 12.0. The summed E-state index contributed by atoms with van der Waals surface area (Å²) in [7, 11) is 0. The van der Waals surface area contributed by atoms with Crippen molar-refractivity contribution in [2.24, 2.45) is 0 Å². The van der Waals surface area contributed by atoms with E-state index >= 15 is 0 Å². The van der Waals surface area contributed by atoms with Crippen molar-refractivity contribution in [2.75, 3.05) is 6.54 Å². The predicted molar refractivity (Wildman–Crippen MR) is 135 cm³/mol. The Balaban J connectivity index is 2.22. The van der Waals surface area contributed by atoms with Gasteiger partial charge in [-0.3, -0.25) is 9.36 Å². The lowest BCUT2D eigenvalue weighted by Gasteiger charge is -2.35. The van der Waals surface area contributed by atoms with Crippen molar-refractivity contribution in [1.82, 2.24) is 19.8 Å². The Morgan fingerprint density at radius 3 is 2.38 bits per heavy atom. The summed E-state index contributed by atoms with van der Waals surface area (Å²) in [6.45, 7) is 10.5. The second-order valence-corrected chi connectivity index (χ2v) is 9.61. The van der Waals surface area contributed by atoms with Crippen LogP contribution in [0.5, 0.6) is 0 Å². The smallest absolute Gasteiger partial charge is 0.318 e. The summed E-state index contributed by atoms with van der Waals surface area (Å²) >= 11 is 0. The molecule has 2 amide bonds. The first-order valence-corrected chi connectivity index (χ1v) is 12.0. The van der Waals surface area contributed by atoms with Gasteiger partial charge in [0.05, 0.1) is 22.6 Å². The van der Waals surface area contributed by atoms with Crippen molar-refractivity contribution in [3.63, 3.8) is 0 Å². The number of urea groups is 1. The molecule has 1 heterocycles. The SMILES string of the molecule is CCCCCN(C(=O)NC(C)(C)C)C(CC)c1nc2ccccc2c(=O)n1-c1ccc(F)cc1. The molecule has 0 spiro atoms. The zero-order valence-electron chi connectivity index (χ0n) is 20.8. The summed E-state index contributed by atoms with van der Waals surface area (Å²) < 4.78 is 15.2. The summed E-state index contributed by atoms with van der Waals surface area (Å²) in [5.41, 5.74) is 0.438. The number of fused-ring (bicyclic) bond motifs is 1. The van der Waals surface area contributed by atoms with Crippen molar-refractivity contribution >= 4 is 16.9 Å². The minimum absolute atomic E-state index is 0.191. The maximum atomic E-state index is 13.7. The highest BCUT2D eigenvalue weighted by molar-refractivity contribution is 5.78. The Morgan fingerprint density at radius 1 is 1.09 bits per heavy atom. The molecule has 1 unspecified atom stereocenters. The summed E-state index contributed by atoms with van der Waals surface area (Å²) in [4.78, 5) is 33.7. The normalized spacial score (nSPS) is 12.5. The molecule has 0 bridgehead atoms. The summed E-state index contributed by atoms with van der Waals surface area (Å²) in [5, 5.41) is 3.55. The van der Waals surface area contributed by atoms with Gasteiger partial charge < -0.3 is 10.2 Å². The number of hydrogen-bond acceptors (Lipinski definition) is 3. The number of aromatic nitrogens is 2. The molecule has 0 saturated heterocycles. The highest BCUT2D eigenvalue weighted by Crippen LogP contribution is 2.27. The van der Waals surface area contributed by atoms with E-state index in [1.165, 1.54) is 16.7 Å². The van der Waals surface area contributed by atoms with Gasteiger partial charge in [-0.05, 0) is 70.0 Å². The monoisotopic (exact) mass is 466 g/mol. The number of unbranched alkanes of at least 4 members (excludes halogenated alkanes) is 2. The van der Waals surface area contributed by atoms with E-state index in [1.54, 1.807) is 35.2 Å².